The highest BCUT2D eigenvalue weighted by Crippen LogP contribution is 2.49. The smallest absolute Gasteiger partial charge is 0.294 e. The van der Waals surface area contributed by atoms with E-state index in [1.165, 1.54) is 45.3 Å². The minimum Gasteiger partial charge on any atom is -0.344 e. The number of benzene rings is 3. The lowest BCUT2D eigenvalue weighted by molar-refractivity contribution is -0.438. The number of hydrogen-bond donors (Lipinski definition) is 1. The number of rotatable bonds is 11. The molecule has 3 aromatic rings. The Kier molecular flexibility index (Phi) is 10.3. The summed E-state index contributed by atoms with van der Waals surface area (Å²) in [5.41, 5.74) is 11.8. The Balaban J connectivity index is 1.46. The van der Waals surface area contributed by atoms with Crippen LogP contribution in [0.4, 0.5) is 11.4 Å². The molecule has 0 atom stereocenters. The lowest BCUT2D eigenvalue weighted by Gasteiger charge is -2.27. The summed E-state index contributed by atoms with van der Waals surface area (Å²) < 4.78 is 36.6. The van der Waals surface area contributed by atoms with E-state index in [9.17, 15) is 13.0 Å². The van der Waals surface area contributed by atoms with Crippen LogP contribution < -0.4 is 4.90 Å². The monoisotopic (exact) mass is 689 g/mol. The average molecular weight is 690 g/mol. The molecule has 1 N–H and O–H groups in total. The van der Waals surface area contributed by atoms with Gasteiger partial charge in [-0.15, -0.1) is 0 Å². The minimum absolute atomic E-state index is 0.0583. The summed E-state index contributed by atoms with van der Waals surface area (Å²) in [6.07, 6.45) is 16.8. The normalized spacial score (nSPS) is 20.0. The predicted molar refractivity (Wildman–Crippen MR) is 208 cm³/mol. The van der Waals surface area contributed by atoms with Gasteiger partial charge in [0.2, 0.25) is 5.69 Å². The molecule has 1 aliphatic carbocycles. The van der Waals surface area contributed by atoms with Crippen LogP contribution in [0.25, 0.3) is 5.57 Å². The predicted octanol–water partition coefficient (Wildman–Crippen LogP) is 10.7. The molecular formula is C44H53N2O3S+. The van der Waals surface area contributed by atoms with Gasteiger partial charge in [-0.05, 0) is 91.7 Å². The maximum Gasteiger partial charge on any atom is 0.294 e. The molecule has 0 aromatic heterocycles. The molecule has 0 fully saturated rings. The van der Waals surface area contributed by atoms with Gasteiger partial charge in [-0.25, -0.2) is 0 Å². The zero-order valence-corrected chi connectivity index (χ0v) is 31.5. The molecule has 0 radical (unpaired) electrons. The SMILES string of the molecule is CCCCN1/C(=C/C=C2\CCCC(/C=C/C3=[N+](CCCC)c4ccccc4C3(C)C)=C2c2ccccc2)C(C)(C)c2cc(S(=O)(=O)O)ccc21. The van der Waals surface area contributed by atoms with Gasteiger partial charge < -0.3 is 4.90 Å². The molecule has 5 nitrogen and oxygen atoms in total. The first-order valence-corrected chi connectivity index (χ1v) is 19.9. The van der Waals surface area contributed by atoms with Crippen LogP contribution >= 0.6 is 0 Å². The second-order valence-corrected chi connectivity index (χ2v) is 16.4. The van der Waals surface area contributed by atoms with Gasteiger partial charge in [-0.3, -0.25) is 4.55 Å². The number of anilines is 1. The van der Waals surface area contributed by atoms with E-state index in [4.69, 9.17) is 0 Å². The van der Waals surface area contributed by atoms with Crippen molar-refractivity contribution in [2.75, 3.05) is 18.0 Å². The van der Waals surface area contributed by atoms with Crippen LogP contribution in [0.2, 0.25) is 0 Å². The van der Waals surface area contributed by atoms with Gasteiger partial charge in [0.15, 0.2) is 5.71 Å². The van der Waals surface area contributed by atoms with Crippen molar-refractivity contribution in [1.82, 2.24) is 0 Å². The van der Waals surface area contributed by atoms with Gasteiger partial charge in [0, 0.05) is 47.5 Å². The van der Waals surface area contributed by atoms with Gasteiger partial charge in [-0.2, -0.15) is 13.0 Å². The third kappa shape index (κ3) is 6.72. The van der Waals surface area contributed by atoms with Crippen LogP contribution in [0.5, 0.6) is 0 Å². The summed E-state index contributed by atoms with van der Waals surface area (Å²) in [7, 11) is -4.31. The Hall–Kier alpha value is -4.00. The summed E-state index contributed by atoms with van der Waals surface area (Å²) in [5, 5.41) is 0. The van der Waals surface area contributed by atoms with Crippen molar-refractivity contribution >= 4 is 32.8 Å². The molecule has 0 saturated heterocycles. The molecule has 2 heterocycles. The first-order valence-electron chi connectivity index (χ1n) is 18.4. The quantitative estimate of drug-likeness (QED) is 0.161. The minimum atomic E-state index is -4.31. The Morgan fingerprint density at radius 1 is 0.820 bits per heavy atom. The molecule has 0 spiro atoms. The molecule has 0 unspecified atom stereocenters. The van der Waals surface area contributed by atoms with Gasteiger partial charge in [0.1, 0.15) is 6.54 Å². The number of fused-ring (bicyclic) bond motifs is 2. The summed E-state index contributed by atoms with van der Waals surface area (Å²) in [4.78, 5) is 2.29. The van der Waals surface area contributed by atoms with E-state index < -0.39 is 15.5 Å². The van der Waals surface area contributed by atoms with Crippen LogP contribution in [0.15, 0.2) is 119 Å². The Bertz CT molecular complexity index is 2030. The molecule has 3 aliphatic rings. The van der Waals surface area contributed by atoms with E-state index in [0.29, 0.717) is 0 Å². The number of para-hydroxylation sites is 1. The van der Waals surface area contributed by atoms with Crippen LogP contribution in [0, 0.1) is 0 Å². The third-order valence-electron chi connectivity index (χ3n) is 10.9. The Labute approximate surface area is 300 Å². The van der Waals surface area contributed by atoms with Crippen molar-refractivity contribution in [1.29, 1.82) is 0 Å². The maximum absolute atomic E-state index is 12.1. The molecule has 3 aromatic carbocycles. The van der Waals surface area contributed by atoms with E-state index in [0.717, 1.165) is 75.0 Å². The summed E-state index contributed by atoms with van der Waals surface area (Å²) in [6, 6.07) is 24.7. The maximum atomic E-state index is 12.1. The van der Waals surface area contributed by atoms with Gasteiger partial charge >= 0.3 is 0 Å². The molecule has 0 bridgehead atoms. The van der Waals surface area contributed by atoms with E-state index in [-0.39, 0.29) is 10.3 Å². The van der Waals surface area contributed by atoms with E-state index in [2.05, 4.69) is 130 Å². The van der Waals surface area contributed by atoms with E-state index >= 15 is 0 Å². The highest BCUT2D eigenvalue weighted by atomic mass is 32.2. The largest absolute Gasteiger partial charge is 0.344 e. The average Bonchev–Trinajstić information content (AvgIpc) is 3.45. The number of allylic oxidation sites excluding steroid dienone is 8. The molecule has 6 rings (SSSR count). The van der Waals surface area contributed by atoms with Crippen LogP contribution in [-0.2, 0) is 20.9 Å². The van der Waals surface area contributed by atoms with Gasteiger partial charge in [-0.1, -0.05) is 101 Å². The van der Waals surface area contributed by atoms with Gasteiger partial charge in [0.05, 0.1) is 10.3 Å². The Morgan fingerprint density at radius 2 is 1.54 bits per heavy atom. The first-order chi connectivity index (χ1) is 23.9. The summed E-state index contributed by atoms with van der Waals surface area (Å²) >= 11 is 0. The fourth-order valence-corrected chi connectivity index (χ4v) is 8.67. The van der Waals surface area contributed by atoms with Crippen LogP contribution in [-0.4, -0.2) is 36.3 Å². The van der Waals surface area contributed by atoms with E-state index in [1.54, 1.807) is 6.07 Å². The Morgan fingerprint density at radius 3 is 2.26 bits per heavy atom. The summed E-state index contributed by atoms with van der Waals surface area (Å²) in [5.74, 6) is 0. The number of nitrogens with zero attached hydrogens (tertiary/aromatic N) is 2. The topological polar surface area (TPSA) is 60.6 Å². The second kappa shape index (κ2) is 14.3. The third-order valence-corrected chi connectivity index (χ3v) is 11.8. The fourth-order valence-electron chi connectivity index (χ4n) is 8.16. The number of unbranched alkanes of at least 4 members (excludes halogenated alkanes) is 2. The van der Waals surface area contributed by atoms with Crippen LogP contribution in [0.1, 0.15) is 103 Å². The highest BCUT2D eigenvalue weighted by molar-refractivity contribution is 7.85. The lowest BCUT2D eigenvalue weighted by atomic mass is 9.79. The molecule has 50 heavy (non-hydrogen) atoms. The molecular weight excluding hydrogens is 637 g/mol. The first kappa shape index (κ1) is 35.8. The van der Waals surface area contributed by atoms with Crippen LogP contribution in [0.3, 0.4) is 0 Å². The summed E-state index contributed by atoms with van der Waals surface area (Å²) in [6.45, 7) is 15.3. The standard InChI is InChI=1S/C44H52N2O3S/c1-7-9-29-45-38-22-15-14-21-36(38)43(3,4)40(45)27-23-33-19-16-20-34(42(33)32-17-12-11-13-18-32)24-28-41-44(5,6)37-31-35(50(47,48)49)25-26-39(37)46(41)30-10-8-2/h11-15,17-18,21-28,31H,7-10,16,19-20,29-30H2,1-6H3/p+1. The molecule has 6 heteroatoms. The molecule has 262 valence electrons. The zero-order chi connectivity index (χ0) is 35.7. The molecule has 0 saturated carbocycles. The van der Waals surface area contributed by atoms with Crippen molar-refractivity contribution in [2.24, 2.45) is 0 Å². The van der Waals surface area contributed by atoms with Crippen molar-refractivity contribution in [2.45, 2.75) is 102 Å². The van der Waals surface area contributed by atoms with E-state index in [1.807, 2.05) is 6.07 Å². The van der Waals surface area contributed by atoms with Crippen molar-refractivity contribution in [3.63, 3.8) is 0 Å². The van der Waals surface area contributed by atoms with Gasteiger partial charge in [0.25, 0.3) is 10.1 Å². The second-order valence-electron chi connectivity index (χ2n) is 15.0. The van der Waals surface area contributed by atoms with Crippen molar-refractivity contribution in [3.8, 4) is 0 Å². The van der Waals surface area contributed by atoms with Crippen molar-refractivity contribution in [3.05, 3.63) is 131 Å². The van der Waals surface area contributed by atoms with Crippen molar-refractivity contribution < 1.29 is 17.5 Å². The molecule has 0 amide bonds. The number of hydrogen-bond acceptors (Lipinski definition) is 3. The zero-order valence-electron chi connectivity index (χ0n) is 30.7. The lowest BCUT2D eigenvalue weighted by Crippen LogP contribution is -2.28. The fraction of sp³-hybridized carbons (Fsp3) is 0.386. The molecule has 2 aliphatic heterocycles. The highest BCUT2D eigenvalue weighted by Gasteiger charge is 2.44.